The van der Waals surface area contributed by atoms with Gasteiger partial charge in [-0.1, -0.05) is 220 Å². The quantitative estimate of drug-likeness (QED) is 0.0264. The van der Waals surface area contributed by atoms with Crippen LogP contribution in [-0.2, 0) is 38.1 Å². The topological polar surface area (TPSA) is 149 Å². The summed E-state index contributed by atoms with van der Waals surface area (Å²) in [6, 6.07) is 0. The van der Waals surface area contributed by atoms with Gasteiger partial charge in [0.15, 0.2) is 6.10 Å². The van der Waals surface area contributed by atoms with Gasteiger partial charge in [0.25, 0.3) is 5.88 Å². The maximum Gasteiger partial charge on any atom is 0.512 e. The summed E-state index contributed by atoms with van der Waals surface area (Å²) >= 11 is 1.16. The normalized spacial score (nSPS) is 15.3. The summed E-state index contributed by atoms with van der Waals surface area (Å²) < 4.78 is 43.8. The Kier molecular flexibility index (Phi) is 41.4. The monoisotopic (exact) mass is 1080 g/mol. The second kappa shape index (κ2) is 45.7. The van der Waals surface area contributed by atoms with Crippen LogP contribution in [0.25, 0.3) is 5.57 Å². The van der Waals surface area contributed by atoms with Crippen molar-refractivity contribution in [3.8, 4) is 5.88 Å². The second-order valence-electron chi connectivity index (χ2n) is 22.2. The molecular weight excluding hydrogens is 967 g/mol. The molecule has 0 fully saturated rings. The molecule has 0 aliphatic carbocycles. The Hall–Kier alpha value is -3.26. The van der Waals surface area contributed by atoms with Crippen LogP contribution in [0.15, 0.2) is 6.08 Å². The fourth-order valence-corrected chi connectivity index (χ4v) is 10.2. The number of esters is 3. The van der Waals surface area contributed by atoms with Crippen molar-refractivity contribution in [2.24, 2.45) is 5.92 Å². The van der Waals surface area contributed by atoms with Gasteiger partial charge in [0.1, 0.15) is 25.5 Å². The van der Waals surface area contributed by atoms with Crippen LogP contribution in [0.1, 0.15) is 284 Å². The molecule has 1 aromatic heterocycles. The predicted molar refractivity (Wildman–Crippen MR) is 305 cm³/mol. The van der Waals surface area contributed by atoms with E-state index in [1.165, 1.54) is 141 Å². The molecule has 13 nitrogen and oxygen atoms in total. The van der Waals surface area contributed by atoms with Crippen LogP contribution in [0.5, 0.6) is 5.88 Å². The molecular formula is C61H110N3O10S+. The molecule has 14 heteroatoms. The van der Waals surface area contributed by atoms with Crippen LogP contribution >= 0.6 is 11.7 Å². The Balaban J connectivity index is 1.70. The first-order chi connectivity index (χ1) is 36.5. The molecule has 0 bridgehead atoms. The van der Waals surface area contributed by atoms with Crippen LogP contribution in [-0.4, -0.2) is 96.2 Å². The Labute approximate surface area is 461 Å². The molecule has 2 unspecified atom stereocenters. The molecule has 0 radical (unpaired) electrons. The molecule has 2 heterocycles. The zero-order chi connectivity index (χ0) is 54.5. The summed E-state index contributed by atoms with van der Waals surface area (Å²) in [5.41, 5.74) is 1.84. The van der Waals surface area contributed by atoms with E-state index in [0.29, 0.717) is 42.8 Å². The number of unbranched alkanes of at least 4 members (excludes halogenated alkanes) is 29. The number of quaternary nitrogens is 1. The van der Waals surface area contributed by atoms with Gasteiger partial charge in [-0.15, -0.1) is 4.37 Å². The molecule has 0 aromatic carbocycles. The Morgan fingerprint density at radius 3 is 1.47 bits per heavy atom. The summed E-state index contributed by atoms with van der Waals surface area (Å²) in [6.07, 6.45) is 41.5. The maximum atomic E-state index is 13.0. The molecule has 0 amide bonds. The van der Waals surface area contributed by atoms with Crippen LogP contribution in [0, 0.1) is 5.92 Å². The lowest BCUT2D eigenvalue weighted by Gasteiger charge is -2.41. The number of rotatable bonds is 50. The van der Waals surface area contributed by atoms with Gasteiger partial charge in [0, 0.05) is 38.2 Å². The van der Waals surface area contributed by atoms with Crippen molar-refractivity contribution in [1.29, 1.82) is 0 Å². The minimum absolute atomic E-state index is 0.111. The number of carbonyl (C=O) groups is 4. The first kappa shape index (κ1) is 67.8. The minimum Gasteiger partial charge on any atom is -0.475 e. The standard InChI is InChI=1S/C61H110N3O10S/c1-7-10-13-16-18-20-22-24-26-28-30-32-36-43-56(65)70-50-55(51-71-57(66)44-37-33-31-29-27-25-23-21-19-17-14-11-8-2)74-58(67)45-38-34-35-41-52(4)49-72-61(68)73-53(5)64(6)46-40-42-54(48-64)59-60(63-75-62-59)69-47-39-15-12-9-3/h42,52-53,55H,7-41,43-51H2,1-6H3/q+1/t52?,53-,64?/m0/s1. The summed E-state index contributed by atoms with van der Waals surface area (Å²) in [7, 11) is 2.09. The van der Waals surface area contributed by atoms with Crippen molar-refractivity contribution >= 4 is 41.4 Å². The van der Waals surface area contributed by atoms with Crippen LogP contribution in [0.4, 0.5) is 4.79 Å². The number of likely N-dealkylation sites (N-methyl/N-ethyl adjacent to an activating group) is 1. The number of ether oxygens (including phenoxy) is 6. The van der Waals surface area contributed by atoms with E-state index < -0.39 is 24.5 Å². The number of nitrogens with zero attached hydrogens (tertiary/aromatic N) is 3. The molecule has 0 saturated carbocycles. The van der Waals surface area contributed by atoms with Crippen molar-refractivity contribution < 1.29 is 52.1 Å². The summed E-state index contributed by atoms with van der Waals surface area (Å²) in [4.78, 5) is 51.3. The third kappa shape index (κ3) is 35.7. The lowest BCUT2D eigenvalue weighted by molar-refractivity contribution is -0.944. The van der Waals surface area contributed by atoms with Crippen LogP contribution in [0.3, 0.4) is 0 Å². The van der Waals surface area contributed by atoms with E-state index in [1.807, 2.05) is 13.8 Å². The first-order valence-corrected chi connectivity index (χ1v) is 31.6. The SMILES string of the molecule is CCCCCCCCCCCCCCCC(=O)OCC(COC(=O)CCCCCCCCCCCCCCC)OC(=O)CCCCCC(C)COC(=O)O[C@@H](C)[N+]1(C)CCC=C(c2nsnc2OCCCCCC)C1. The molecule has 0 N–H and O–H groups in total. The van der Waals surface area contributed by atoms with Gasteiger partial charge in [-0.05, 0) is 38.0 Å². The van der Waals surface area contributed by atoms with E-state index in [-0.39, 0.29) is 44.1 Å². The first-order valence-electron chi connectivity index (χ1n) is 30.8. The molecule has 3 atom stereocenters. The molecule has 1 aliphatic heterocycles. The van der Waals surface area contributed by atoms with Gasteiger partial charge < -0.3 is 28.4 Å². The van der Waals surface area contributed by atoms with Gasteiger partial charge in [0.2, 0.25) is 6.23 Å². The van der Waals surface area contributed by atoms with E-state index in [1.54, 1.807) is 0 Å². The summed E-state index contributed by atoms with van der Waals surface area (Å²) in [5, 5.41) is 0. The average Bonchev–Trinajstić information content (AvgIpc) is 3.87. The smallest absolute Gasteiger partial charge is 0.475 e. The van der Waals surface area contributed by atoms with E-state index in [9.17, 15) is 19.2 Å². The van der Waals surface area contributed by atoms with E-state index in [0.717, 1.165) is 107 Å². The third-order valence-electron chi connectivity index (χ3n) is 14.9. The number of carbonyl (C=O) groups excluding carboxylic acids is 4. The van der Waals surface area contributed by atoms with Crippen molar-refractivity contribution in [1.82, 2.24) is 8.75 Å². The fourth-order valence-electron chi connectivity index (χ4n) is 9.70. The Morgan fingerprint density at radius 1 is 0.533 bits per heavy atom. The highest BCUT2D eigenvalue weighted by Gasteiger charge is 2.37. The van der Waals surface area contributed by atoms with Crippen molar-refractivity contribution in [2.75, 3.05) is 46.6 Å². The highest BCUT2D eigenvalue weighted by atomic mass is 32.1. The Bertz CT molecular complexity index is 1580. The van der Waals surface area contributed by atoms with Gasteiger partial charge in [-0.25, -0.2) is 4.79 Å². The lowest BCUT2D eigenvalue weighted by atomic mass is 10.0. The van der Waals surface area contributed by atoms with Crippen LogP contribution in [0.2, 0.25) is 0 Å². The molecule has 1 aliphatic rings. The number of hydrogen-bond donors (Lipinski definition) is 0. The van der Waals surface area contributed by atoms with Gasteiger partial charge in [-0.2, -0.15) is 4.37 Å². The molecule has 1 aromatic rings. The van der Waals surface area contributed by atoms with Crippen LogP contribution < -0.4 is 4.74 Å². The molecule has 75 heavy (non-hydrogen) atoms. The zero-order valence-electron chi connectivity index (χ0n) is 48.8. The fraction of sp³-hybridized carbons (Fsp3) is 0.869. The van der Waals surface area contributed by atoms with E-state index >= 15 is 0 Å². The van der Waals surface area contributed by atoms with Gasteiger partial charge in [-0.3, -0.25) is 18.9 Å². The van der Waals surface area contributed by atoms with Gasteiger partial charge >= 0.3 is 24.1 Å². The summed E-state index contributed by atoms with van der Waals surface area (Å²) in [6.45, 7) is 12.7. The van der Waals surface area contributed by atoms with E-state index in [2.05, 4.69) is 42.6 Å². The Morgan fingerprint density at radius 2 is 0.973 bits per heavy atom. The molecule has 2 rings (SSSR count). The molecule has 0 saturated heterocycles. The minimum atomic E-state index is -0.853. The average molecular weight is 1080 g/mol. The second-order valence-corrected chi connectivity index (χ2v) is 22.7. The third-order valence-corrected chi connectivity index (χ3v) is 15.4. The largest absolute Gasteiger partial charge is 0.512 e. The molecule has 0 spiro atoms. The van der Waals surface area contributed by atoms with Gasteiger partial charge in [0.05, 0.1) is 38.5 Å². The van der Waals surface area contributed by atoms with Crippen molar-refractivity contribution in [3.63, 3.8) is 0 Å². The maximum absolute atomic E-state index is 13.0. The van der Waals surface area contributed by atoms with Crippen molar-refractivity contribution in [2.45, 2.75) is 291 Å². The molecule has 434 valence electrons. The number of aromatic nitrogens is 2. The lowest BCUT2D eigenvalue weighted by Crippen LogP contribution is -2.55. The predicted octanol–water partition coefficient (Wildman–Crippen LogP) is 16.8. The summed E-state index contributed by atoms with van der Waals surface area (Å²) in [5.74, 6) is -0.349. The highest BCUT2D eigenvalue weighted by molar-refractivity contribution is 6.99. The number of hydrogen-bond acceptors (Lipinski definition) is 13. The highest BCUT2D eigenvalue weighted by Crippen LogP contribution is 2.32. The van der Waals surface area contributed by atoms with Crippen molar-refractivity contribution in [3.05, 3.63) is 11.8 Å². The zero-order valence-corrected chi connectivity index (χ0v) is 49.6. The van der Waals surface area contributed by atoms with E-state index in [4.69, 9.17) is 28.4 Å².